The number of nitrogens with one attached hydrogen (secondary N) is 1. The molecule has 45 heavy (non-hydrogen) atoms. The average molecular weight is 659 g/mol. The highest BCUT2D eigenvalue weighted by Gasteiger charge is 2.51. The summed E-state index contributed by atoms with van der Waals surface area (Å²) in [6, 6.07) is 11.3. The predicted octanol–water partition coefficient (Wildman–Crippen LogP) is 5.95. The lowest BCUT2D eigenvalue weighted by Crippen LogP contribution is -2.54. The molecule has 0 radical (unpaired) electrons. The number of benzene rings is 2. The highest BCUT2D eigenvalue weighted by Crippen LogP contribution is 2.38. The van der Waals surface area contributed by atoms with Crippen LogP contribution in [0.1, 0.15) is 55.8 Å². The van der Waals surface area contributed by atoms with Crippen LogP contribution in [0.3, 0.4) is 0 Å². The van der Waals surface area contributed by atoms with Crippen LogP contribution in [0.5, 0.6) is 0 Å². The van der Waals surface area contributed by atoms with E-state index in [1.54, 1.807) is 18.4 Å². The Labute approximate surface area is 266 Å². The van der Waals surface area contributed by atoms with Crippen molar-refractivity contribution in [1.82, 2.24) is 15.3 Å². The van der Waals surface area contributed by atoms with Gasteiger partial charge in [-0.15, -0.1) is 11.8 Å². The standard InChI is InChI=1S/C30H27ClF3N7O3S/c1-45-22-15-18(32)14-21(16-22)40(41(44)25-6-7-26(42)39(25)29-36-13-10-20(17-35)38-29)27(23-4-2-3-5-24(23)31)28(43)37-19-8-11-30(33,34)12-9-19/h2-5,10,13-16,19,25,27H,6-9,11-12H2,1H3/p+1. The van der Waals surface area contributed by atoms with E-state index in [0.717, 1.165) is 16.0 Å². The number of hydrogen-bond donors (Lipinski definition) is 1. The maximum atomic E-state index is 15.0. The van der Waals surface area contributed by atoms with Crippen LogP contribution >= 0.6 is 23.4 Å². The van der Waals surface area contributed by atoms with Gasteiger partial charge in [-0.3, -0.25) is 9.59 Å². The molecule has 2 amide bonds. The molecule has 1 saturated heterocycles. The minimum Gasteiger partial charge on any atom is -0.351 e. The van der Waals surface area contributed by atoms with Crippen molar-refractivity contribution in [3.8, 4) is 6.07 Å². The second kappa shape index (κ2) is 13.4. The van der Waals surface area contributed by atoms with E-state index < -0.39 is 54.6 Å². The first-order chi connectivity index (χ1) is 21.5. The molecule has 2 atom stereocenters. The van der Waals surface area contributed by atoms with Gasteiger partial charge in [0.2, 0.25) is 17.8 Å². The van der Waals surface area contributed by atoms with Crippen molar-refractivity contribution in [3.05, 3.63) is 81.7 Å². The summed E-state index contributed by atoms with van der Waals surface area (Å²) in [5.74, 6) is -4.93. The van der Waals surface area contributed by atoms with E-state index in [9.17, 15) is 28.5 Å². The predicted molar refractivity (Wildman–Crippen MR) is 161 cm³/mol. The van der Waals surface area contributed by atoms with Crippen LogP contribution < -0.4 is 15.2 Å². The Morgan fingerprint density at radius 3 is 2.64 bits per heavy atom. The maximum Gasteiger partial charge on any atom is 0.318 e. The molecule has 2 aliphatic rings. The summed E-state index contributed by atoms with van der Waals surface area (Å²) in [7, 11) is 0. The fourth-order valence-electron chi connectivity index (χ4n) is 5.51. The molecule has 2 fully saturated rings. The Hall–Kier alpha value is -4.22. The smallest absolute Gasteiger partial charge is 0.318 e. The van der Waals surface area contributed by atoms with Gasteiger partial charge in [-0.2, -0.15) is 5.26 Å². The number of hydrogen-bond acceptors (Lipinski definition) is 7. The molecule has 1 aromatic heterocycles. The third-order valence-corrected chi connectivity index (χ3v) is 8.79. The third kappa shape index (κ3) is 7.04. The molecule has 15 heteroatoms. The number of anilines is 2. The number of nitroso groups, excluding NO2 is 1. The first-order valence-corrected chi connectivity index (χ1v) is 15.7. The van der Waals surface area contributed by atoms with Crippen molar-refractivity contribution >= 4 is 46.8 Å². The molecule has 1 N–H and O–H groups in total. The van der Waals surface area contributed by atoms with Gasteiger partial charge in [0.05, 0.1) is 4.91 Å². The van der Waals surface area contributed by atoms with E-state index in [1.807, 2.05) is 6.07 Å². The molecule has 1 aliphatic carbocycles. The van der Waals surface area contributed by atoms with Crippen LogP contribution in [0.2, 0.25) is 5.02 Å². The van der Waals surface area contributed by atoms with Gasteiger partial charge in [-0.1, -0.05) is 34.8 Å². The summed E-state index contributed by atoms with van der Waals surface area (Å²) in [5, 5.41) is 13.3. The summed E-state index contributed by atoms with van der Waals surface area (Å²) < 4.78 is 42.8. The van der Waals surface area contributed by atoms with E-state index in [2.05, 4.69) is 15.3 Å². The first kappa shape index (κ1) is 32.2. The lowest BCUT2D eigenvalue weighted by Gasteiger charge is -2.32. The second-order valence-corrected chi connectivity index (χ2v) is 12.0. The third-order valence-electron chi connectivity index (χ3n) is 7.74. The molecule has 234 valence electrons. The first-order valence-electron chi connectivity index (χ1n) is 14.1. The fourth-order valence-corrected chi connectivity index (χ4v) is 6.22. The molecule has 10 nitrogen and oxygen atoms in total. The van der Waals surface area contributed by atoms with Gasteiger partial charge in [0.1, 0.15) is 28.1 Å². The van der Waals surface area contributed by atoms with Crippen LogP contribution in [-0.4, -0.2) is 51.0 Å². The zero-order chi connectivity index (χ0) is 32.3. The summed E-state index contributed by atoms with van der Waals surface area (Å²) in [6.07, 6.45) is 0.814. The lowest BCUT2D eigenvalue weighted by atomic mass is 9.91. The van der Waals surface area contributed by atoms with Crippen LogP contribution in [0, 0.1) is 22.1 Å². The number of halogens is 4. The highest BCUT2D eigenvalue weighted by atomic mass is 35.5. The number of aromatic nitrogens is 2. The fraction of sp³-hybridized carbons (Fsp3) is 0.367. The number of nitriles is 1. The highest BCUT2D eigenvalue weighted by molar-refractivity contribution is 7.98. The Balaban J connectivity index is 1.63. The Morgan fingerprint density at radius 1 is 1.22 bits per heavy atom. The largest absolute Gasteiger partial charge is 0.351 e. The Bertz CT molecular complexity index is 1660. The molecule has 2 heterocycles. The van der Waals surface area contributed by atoms with Gasteiger partial charge in [0.25, 0.3) is 5.91 Å². The average Bonchev–Trinajstić information content (AvgIpc) is 3.41. The van der Waals surface area contributed by atoms with Crippen molar-refractivity contribution in [2.75, 3.05) is 16.2 Å². The molecular formula is C30H28ClF3N7O3S+. The molecule has 0 spiro atoms. The number of thioether (sulfide) groups is 1. The van der Waals surface area contributed by atoms with Gasteiger partial charge >= 0.3 is 6.17 Å². The summed E-state index contributed by atoms with van der Waals surface area (Å²) in [6.45, 7) is 0. The second-order valence-electron chi connectivity index (χ2n) is 10.7. The minimum atomic E-state index is -2.83. The van der Waals surface area contributed by atoms with E-state index in [1.165, 1.54) is 48.3 Å². The van der Waals surface area contributed by atoms with E-state index in [0.29, 0.717) is 9.76 Å². The minimum absolute atomic E-state index is 0.0156. The van der Waals surface area contributed by atoms with Gasteiger partial charge < -0.3 is 5.32 Å². The van der Waals surface area contributed by atoms with E-state index in [-0.39, 0.29) is 53.6 Å². The number of amides is 2. The van der Waals surface area contributed by atoms with Crippen molar-refractivity contribution in [2.24, 2.45) is 0 Å². The van der Waals surface area contributed by atoms with Gasteiger partial charge in [-0.05, 0) is 43.4 Å². The maximum absolute atomic E-state index is 15.0. The summed E-state index contributed by atoms with van der Waals surface area (Å²) >= 11 is 7.80. The van der Waals surface area contributed by atoms with Crippen LogP contribution in [0.15, 0.2) is 59.6 Å². The lowest BCUT2D eigenvalue weighted by molar-refractivity contribution is -0.598. The number of carbonyl (C=O) groups excluding carboxylic acids is 2. The van der Waals surface area contributed by atoms with Crippen LogP contribution in [0.25, 0.3) is 0 Å². The van der Waals surface area contributed by atoms with Crippen molar-refractivity contribution in [3.63, 3.8) is 0 Å². The molecule has 3 aromatic rings. The molecule has 1 aliphatic heterocycles. The monoisotopic (exact) mass is 658 g/mol. The Morgan fingerprint density at radius 2 is 1.96 bits per heavy atom. The zero-order valence-electron chi connectivity index (χ0n) is 24.0. The normalized spacial score (nSPS) is 18.7. The molecule has 0 bridgehead atoms. The van der Waals surface area contributed by atoms with Gasteiger partial charge in [0, 0.05) is 59.5 Å². The van der Waals surface area contributed by atoms with E-state index in [4.69, 9.17) is 11.6 Å². The van der Waals surface area contributed by atoms with Crippen LogP contribution in [0.4, 0.5) is 24.8 Å². The molecule has 2 unspecified atom stereocenters. The van der Waals surface area contributed by atoms with E-state index >= 15 is 4.39 Å². The molecule has 2 aromatic carbocycles. The van der Waals surface area contributed by atoms with Crippen LogP contribution in [-0.2, 0) is 9.59 Å². The number of alkyl halides is 2. The van der Waals surface area contributed by atoms with Crippen molar-refractivity contribution in [1.29, 1.82) is 5.26 Å². The summed E-state index contributed by atoms with van der Waals surface area (Å²) in [5.41, 5.74) is 0.136. The quantitative estimate of drug-likeness (QED) is 0.170. The van der Waals surface area contributed by atoms with Gasteiger partial charge in [-0.25, -0.2) is 28.0 Å². The zero-order valence-corrected chi connectivity index (χ0v) is 25.6. The summed E-state index contributed by atoms with van der Waals surface area (Å²) in [4.78, 5) is 52.0. The number of nitrogens with zero attached hydrogens (tertiary/aromatic N) is 6. The van der Waals surface area contributed by atoms with Crippen molar-refractivity contribution in [2.45, 2.75) is 67.6 Å². The number of carbonyl (C=O) groups is 2. The topological polar surface area (TPSA) is 122 Å². The Kier molecular flexibility index (Phi) is 9.59. The molecule has 5 rings (SSSR count). The SMILES string of the molecule is CSc1cc(F)cc(N(C(C(=O)NC2CCC(F)(F)CC2)c2ccccc2Cl)[N+](=O)C2CCC(=O)N2c2nccc(C#N)n2)c1. The van der Waals surface area contributed by atoms with Crippen molar-refractivity contribution < 1.29 is 27.6 Å². The molecule has 1 saturated carbocycles. The molecular weight excluding hydrogens is 631 g/mol. The van der Waals surface area contributed by atoms with Gasteiger partial charge in [0.15, 0.2) is 6.04 Å². The number of rotatable bonds is 9. The number of hydrazine groups is 1.